The van der Waals surface area contributed by atoms with Crippen molar-refractivity contribution < 1.29 is 0 Å². The molecule has 1 aromatic carbocycles. The predicted molar refractivity (Wildman–Crippen MR) is 89.8 cm³/mol. The smallest absolute Gasteiger partial charge is 0.0366 e. The number of nitrogens with zero attached hydrogens (tertiary/aromatic N) is 1. The van der Waals surface area contributed by atoms with Gasteiger partial charge in [-0.3, -0.25) is 0 Å². The molecule has 108 valence electrons. The Morgan fingerprint density at radius 3 is 2.70 bits per heavy atom. The molecule has 0 radical (unpaired) electrons. The van der Waals surface area contributed by atoms with Gasteiger partial charge in [-0.25, -0.2) is 0 Å². The fraction of sp³-hybridized carbons (Fsp3) is 0.412. The van der Waals surface area contributed by atoms with Crippen molar-refractivity contribution in [1.29, 1.82) is 0 Å². The van der Waals surface area contributed by atoms with Gasteiger partial charge in [0, 0.05) is 30.2 Å². The van der Waals surface area contributed by atoms with Crippen molar-refractivity contribution in [1.82, 2.24) is 0 Å². The number of rotatable bonds is 6. The van der Waals surface area contributed by atoms with E-state index >= 15 is 0 Å². The van der Waals surface area contributed by atoms with Gasteiger partial charge in [-0.05, 0) is 61.4 Å². The summed E-state index contributed by atoms with van der Waals surface area (Å²) in [7, 11) is 2.16. The van der Waals surface area contributed by atoms with E-state index in [1.807, 2.05) is 11.3 Å². The molecule has 1 aromatic heterocycles. The molecule has 0 aliphatic rings. The van der Waals surface area contributed by atoms with Crippen LogP contribution < -0.4 is 10.6 Å². The second kappa shape index (κ2) is 6.91. The van der Waals surface area contributed by atoms with E-state index in [-0.39, 0.29) is 6.04 Å². The zero-order chi connectivity index (χ0) is 14.5. The van der Waals surface area contributed by atoms with Crippen LogP contribution in [0.1, 0.15) is 22.9 Å². The fourth-order valence-electron chi connectivity index (χ4n) is 2.36. The molecule has 0 fully saturated rings. The van der Waals surface area contributed by atoms with E-state index in [1.165, 1.54) is 21.7 Å². The highest BCUT2D eigenvalue weighted by molar-refractivity contribution is 7.09. The molecule has 0 saturated carbocycles. The van der Waals surface area contributed by atoms with Crippen molar-refractivity contribution in [2.24, 2.45) is 5.73 Å². The first kappa shape index (κ1) is 15.1. The Labute approximate surface area is 126 Å². The Bertz CT molecular complexity index is 532. The summed E-state index contributed by atoms with van der Waals surface area (Å²) in [6.45, 7) is 5.28. The minimum Gasteiger partial charge on any atom is -0.374 e. The number of hydrogen-bond acceptors (Lipinski definition) is 3. The monoisotopic (exact) mass is 288 g/mol. The van der Waals surface area contributed by atoms with Gasteiger partial charge in [0.05, 0.1) is 0 Å². The van der Waals surface area contributed by atoms with E-state index in [1.54, 1.807) is 0 Å². The second-order valence-electron chi connectivity index (χ2n) is 5.54. The number of hydrogen-bond donors (Lipinski definition) is 1. The minimum absolute atomic E-state index is 0.219. The van der Waals surface area contributed by atoms with Crippen LogP contribution in [0.15, 0.2) is 35.7 Å². The molecule has 0 aliphatic carbocycles. The highest BCUT2D eigenvalue weighted by Gasteiger charge is 2.06. The topological polar surface area (TPSA) is 29.3 Å². The molecule has 3 heteroatoms. The van der Waals surface area contributed by atoms with Crippen LogP contribution in [0.2, 0.25) is 0 Å². The first-order valence-corrected chi connectivity index (χ1v) is 8.03. The van der Waals surface area contributed by atoms with Gasteiger partial charge < -0.3 is 10.6 Å². The number of nitrogens with two attached hydrogens (primary N) is 1. The van der Waals surface area contributed by atoms with Gasteiger partial charge in [0.1, 0.15) is 0 Å². The number of likely N-dealkylation sites (N-methyl/N-ethyl adjacent to an activating group) is 1. The van der Waals surface area contributed by atoms with Crippen LogP contribution in [0.3, 0.4) is 0 Å². The van der Waals surface area contributed by atoms with Crippen LogP contribution in [-0.4, -0.2) is 19.6 Å². The molecule has 2 rings (SSSR count). The van der Waals surface area contributed by atoms with Crippen LogP contribution in [-0.2, 0) is 12.8 Å². The summed E-state index contributed by atoms with van der Waals surface area (Å²) in [6, 6.07) is 11.2. The third kappa shape index (κ3) is 4.09. The Morgan fingerprint density at radius 2 is 2.10 bits per heavy atom. The van der Waals surface area contributed by atoms with Gasteiger partial charge in [-0.2, -0.15) is 0 Å². The number of benzene rings is 1. The van der Waals surface area contributed by atoms with Gasteiger partial charge >= 0.3 is 0 Å². The van der Waals surface area contributed by atoms with Crippen molar-refractivity contribution >= 4 is 17.0 Å². The summed E-state index contributed by atoms with van der Waals surface area (Å²) < 4.78 is 0. The Balaban J connectivity index is 1.99. The van der Waals surface area contributed by atoms with E-state index in [4.69, 9.17) is 5.73 Å². The number of anilines is 1. The standard InChI is InChI=1S/C17H24N2S/c1-13-11-16(7-6-15(13)12-14(2)18)19(3)9-8-17-5-4-10-20-17/h4-7,10-11,14H,8-9,12,18H2,1-3H3. The SMILES string of the molecule is Cc1cc(N(C)CCc2cccs2)ccc1CC(C)N. The molecular formula is C17H24N2S. The van der Waals surface area contributed by atoms with Gasteiger partial charge in [0.25, 0.3) is 0 Å². The average molecular weight is 288 g/mol. The van der Waals surface area contributed by atoms with E-state index in [2.05, 4.69) is 61.5 Å². The molecule has 1 atom stereocenters. The third-order valence-electron chi connectivity index (χ3n) is 3.58. The zero-order valence-electron chi connectivity index (χ0n) is 12.6. The van der Waals surface area contributed by atoms with E-state index in [0.717, 1.165) is 19.4 Å². The summed E-state index contributed by atoms with van der Waals surface area (Å²) in [6.07, 6.45) is 2.06. The molecule has 20 heavy (non-hydrogen) atoms. The van der Waals surface area contributed by atoms with Crippen LogP contribution in [0.5, 0.6) is 0 Å². The molecular weight excluding hydrogens is 264 g/mol. The molecule has 2 N–H and O–H groups in total. The van der Waals surface area contributed by atoms with Gasteiger partial charge in [0.2, 0.25) is 0 Å². The maximum absolute atomic E-state index is 5.88. The Hall–Kier alpha value is -1.32. The lowest BCUT2D eigenvalue weighted by Crippen LogP contribution is -2.21. The highest BCUT2D eigenvalue weighted by Crippen LogP contribution is 2.20. The third-order valence-corrected chi connectivity index (χ3v) is 4.52. The quantitative estimate of drug-likeness (QED) is 0.879. The maximum Gasteiger partial charge on any atom is 0.0366 e. The molecule has 0 bridgehead atoms. The van der Waals surface area contributed by atoms with Crippen LogP contribution >= 0.6 is 11.3 Å². The lowest BCUT2D eigenvalue weighted by Gasteiger charge is -2.20. The van der Waals surface area contributed by atoms with Crippen LogP contribution in [0.4, 0.5) is 5.69 Å². The molecule has 0 saturated heterocycles. The Kier molecular flexibility index (Phi) is 5.21. The summed E-state index contributed by atoms with van der Waals surface area (Å²) in [5.41, 5.74) is 9.86. The molecule has 1 heterocycles. The van der Waals surface area contributed by atoms with Crippen molar-refractivity contribution in [2.75, 3.05) is 18.5 Å². The van der Waals surface area contributed by atoms with Crippen molar-refractivity contribution in [3.05, 3.63) is 51.7 Å². The molecule has 0 amide bonds. The largest absolute Gasteiger partial charge is 0.374 e. The van der Waals surface area contributed by atoms with Crippen molar-refractivity contribution in [2.45, 2.75) is 32.7 Å². The first-order valence-electron chi connectivity index (χ1n) is 7.15. The molecule has 0 aliphatic heterocycles. The first-order chi connectivity index (χ1) is 9.56. The normalized spacial score (nSPS) is 12.4. The summed E-state index contributed by atoms with van der Waals surface area (Å²) in [5.74, 6) is 0. The highest BCUT2D eigenvalue weighted by atomic mass is 32.1. The van der Waals surface area contributed by atoms with Crippen molar-refractivity contribution in [3.8, 4) is 0 Å². The maximum atomic E-state index is 5.88. The van der Waals surface area contributed by atoms with Gasteiger partial charge in [-0.1, -0.05) is 12.1 Å². The van der Waals surface area contributed by atoms with Crippen LogP contribution in [0, 0.1) is 6.92 Å². The summed E-state index contributed by atoms with van der Waals surface area (Å²) >= 11 is 1.83. The van der Waals surface area contributed by atoms with Crippen molar-refractivity contribution in [3.63, 3.8) is 0 Å². The lowest BCUT2D eigenvalue weighted by atomic mass is 10.0. The van der Waals surface area contributed by atoms with E-state index in [0.29, 0.717) is 0 Å². The predicted octanol–water partition coefficient (Wildman–Crippen LogP) is 3.63. The number of aryl methyl sites for hydroxylation is 1. The van der Waals surface area contributed by atoms with E-state index < -0.39 is 0 Å². The zero-order valence-corrected chi connectivity index (χ0v) is 13.4. The molecule has 1 unspecified atom stereocenters. The lowest BCUT2D eigenvalue weighted by molar-refractivity contribution is 0.734. The Morgan fingerprint density at radius 1 is 1.30 bits per heavy atom. The molecule has 0 spiro atoms. The van der Waals surface area contributed by atoms with Gasteiger partial charge in [-0.15, -0.1) is 11.3 Å². The number of thiophene rings is 1. The molecule has 2 nitrogen and oxygen atoms in total. The fourth-order valence-corrected chi connectivity index (χ4v) is 3.05. The average Bonchev–Trinajstić information content (AvgIpc) is 2.91. The summed E-state index contributed by atoms with van der Waals surface area (Å²) in [5, 5.41) is 2.14. The van der Waals surface area contributed by atoms with E-state index in [9.17, 15) is 0 Å². The van der Waals surface area contributed by atoms with Gasteiger partial charge in [0.15, 0.2) is 0 Å². The van der Waals surface area contributed by atoms with Crippen LogP contribution in [0.25, 0.3) is 0 Å². The molecule has 2 aromatic rings. The summed E-state index contributed by atoms with van der Waals surface area (Å²) in [4.78, 5) is 3.77. The second-order valence-corrected chi connectivity index (χ2v) is 6.58. The minimum atomic E-state index is 0.219.